The molecule has 0 atom stereocenters. The van der Waals surface area contributed by atoms with E-state index < -0.39 is 34.6 Å². The highest BCUT2D eigenvalue weighted by atomic mass is 35.5. The summed E-state index contributed by atoms with van der Waals surface area (Å²) in [6.07, 6.45) is 1.16. The predicted octanol–water partition coefficient (Wildman–Crippen LogP) is 3.81. The Kier molecular flexibility index (Phi) is 4.83. The topological polar surface area (TPSA) is 79.8 Å². The first-order valence-corrected chi connectivity index (χ1v) is 8.97. The zero-order valence-corrected chi connectivity index (χ0v) is 16.0. The lowest BCUT2D eigenvalue weighted by Gasteiger charge is -2.07. The molecule has 2 aromatic heterocycles. The molecule has 1 amide bonds. The van der Waals surface area contributed by atoms with Crippen molar-refractivity contribution in [2.24, 2.45) is 0 Å². The first-order valence-electron chi connectivity index (χ1n) is 8.59. The number of carbonyl (C=O) groups is 1. The molecule has 30 heavy (non-hydrogen) atoms. The highest BCUT2D eigenvalue weighted by Crippen LogP contribution is 2.33. The maximum atomic E-state index is 14.4. The highest BCUT2D eigenvalue weighted by Gasteiger charge is 2.23. The fourth-order valence-corrected chi connectivity index (χ4v) is 3.41. The number of nitrogens with zero attached hydrogens (tertiary/aromatic N) is 2. The third-order valence-electron chi connectivity index (χ3n) is 4.48. The molecule has 2 heterocycles. The van der Waals surface area contributed by atoms with Gasteiger partial charge in [-0.2, -0.15) is 5.10 Å². The smallest absolute Gasteiger partial charge is 0.259 e. The molecule has 2 N–H and O–H groups in total. The van der Waals surface area contributed by atoms with Crippen molar-refractivity contribution < 1.29 is 18.0 Å². The summed E-state index contributed by atoms with van der Waals surface area (Å²) in [6.45, 7) is 0. The molecule has 0 saturated carbocycles. The molecule has 10 heteroatoms. The first kappa shape index (κ1) is 19.7. The van der Waals surface area contributed by atoms with E-state index >= 15 is 0 Å². The Hall–Kier alpha value is -3.59. The number of hydrogen-bond donors (Lipinski definition) is 2. The van der Waals surface area contributed by atoms with E-state index in [0.717, 1.165) is 35.1 Å². The number of hydrogen-bond acceptors (Lipinski definition) is 3. The van der Waals surface area contributed by atoms with Gasteiger partial charge in [-0.15, -0.1) is 0 Å². The van der Waals surface area contributed by atoms with Gasteiger partial charge in [0, 0.05) is 24.4 Å². The van der Waals surface area contributed by atoms with Crippen LogP contribution in [0, 0.1) is 17.5 Å². The Bertz CT molecular complexity index is 1360. The molecule has 0 aliphatic rings. The number of pyridine rings is 1. The number of para-hydroxylation sites is 1. The molecular weight excluding hydrogens is 421 g/mol. The van der Waals surface area contributed by atoms with Crippen LogP contribution in [0.25, 0.3) is 27.8 Å². The Morgan fingerprint density at radius 2 is 1.87 bits per heavy atom. The lowest BCUT2D eigenvalue weighted by Crippen LogP contribution is -2.18. The van der Waals surface area contributed by atoms with E-state index in [1.54, 1.807) is 0 Å². The van der Waals surface area contributed by atoms with Crippen LogP contribution in [0.5, 0.6) is 0 Å². The molecule has 4 rings (SSSR count). The number of aromatic nitrogens is 3. The van der Waals surface area contributed by atoms with Crippen LogP contribution in [-0.2, 0) is 0 Å². The van der Waals surface area contributed by atoms with Crippen LogP contribution in [0.4, 0.5) is 13.2 Å². The number of carbonyl (C=O) groups excluding carboxylic acids is 1. The average molecular weight is 433 g/mol. The monoisotopic (exact) mass is 432 g/mol. The number of H-pyrrole nitrogens is 1. The lowest BCUT2D eigenvalue weighted by atomic mass is 10.0. The molecule has 2 aromatic carbocycles. The van der Waals surface area contributed by atoms with Crippen molar-refractivity contribution in [3.63, 3.8) is 0 Å². The van der Waals surface area contributed by atoms with Gasteiger partial charge >= 0.3 is 0 Å². The van der Waals surface area contributed by atoms with Crippen LogP contribution >= 0.6 is 11.6 Å². The molecule has 0 aliphatic heterocycles. The van der Waals surface area contributed by atoms with Crippen LogP contribution in [0.15, 0.2) is 47.4 Å². The Morgan fingerprint density at radius 3 is 2.53 bits per heavy atom. The van der Waals surface area contributed by atoms with Crippen LogP contribution in [0.3, 0.4) is 0 Å². The van der Waals surface area contributed by atoms with E-state index in [4.69, 9.17) is 11.6 Å². The quantitative estimate of drug-likeness (QED) is 0.516. The predicted molar refractivity (Wildman–Crippen MR) is 105 cm³/mol. The third kappa shape index (κ3) is 3.13. The number of benzene rings is 2. The van der Waals surface area contributed by atoms with Crippen LogP contribution in [-0.4, -0.2) is 27.7 Å². The van der Waals surface area contributed by atoms with Crippen LogP contribution in [0.1, 0.15) is 10.4 Å². The van der Waals surface area contributed by atoms with Gasteiger partial charge in [0.2, 0.25) is 0 Å². The molecule has 0 radical (unpaired) electrons. The van der Waals surface area contributed by atoms with E-state index in [1.807, 2.05) is 0 Å². The number of aromatic amines is 1. The Labute approximate surface area is 171 Å². The van der Waals surface area contributed by atoms with Crippen molar-refractivity contribution in [3.05, 3.63) is 81.0 Å². The maximum Gasteiger partial charge on any atom is 0.259 e. The second-order valence-electron chi connectivity index (χ2n) is 6.33. The van der Waals surface area contributed by atoms with Crippen molar-refractivity contribution >= 4 is 28.4 Å². The number of fused-ring (bicyclic) bond motifs is 1. The molecule has 152 valence electrons. The fraction of sp³-hybridized carbons (Fsp3) is 0.0500. The largest absolute Gasteiger partial charge is 0.355 e. The van der Waals surface area contributed by atoms with Crippen molar-refractivity contribution in [2.75, 3.05) is 7.05 Å². The van der Waals surface area contributed by atoms with Gasteiger partial charge in [-0.3, -0.25) is 9.59 Å². The zero-order valence-electron chi connectivity index (χ0n) is 15.3. The van der Waals surface area contributed by atoms with Gasteiger partial charge in [-0.1, -0.05) is 17.7 Å². The Balaban J connectivity index is 2.12. The van der Waals surface area contributed by atoms with Crippen LogP contribution in [0.2, 0.25) is 5.02 Å². The van der Waals surface area contributed by atoms with Gasteiger partial charge < -0.3 is 10.3 Å². The number of amides is 1. The molecule has 0 fully saturated rings. The summed E-state index contributed by atoms with van der Waals surface area (Å²) in [5.74, 6) is -3.20. The van der Waals surface area contributed by atoms with Gasteiger partial charge in [-0.25, -0.2) is 17.9 Å². The second-order valence-corrected chi connectivity index (χ2v) is 6.73. The zero-order chi connectivity index (χ0) is 21.6. The Morgan fingerprint density at radius 1 is 1.17 bits per heavy atom. The second kappa shape index (κ2) is 7.34. The van der Waals surface area contributed by atoms with E-state index in [2.05, 4.69) is 15.4 Å². The molecule has 0 aliphatic carbocycles. The maximum absolute atomic E-state index is 14.4. The van der Waals surface area contributed by atoms with Crippen molar-refractivity contribution in [3.8, 4) is 16.9 Å². The summed E-state index contributed by atoms with van der Waals surface area (Å²) in [4.78, 5) is 26.9. The number of rotatable bonds is 3. The lowest BCUT2D eigenvalue weighted by molar-refractivity contribution is 0.0962. The summed E-state index contributed by atoms with van der Waals surface area (Å²) >= 11 is 6.21. The molecule has 0 saturated heterocycles. The fourth-order valence-electron chi connectivity index (χ4n) is 3.18. The van der Waals surface area contributed by atoms with Gasteiger partial charge in [0.25, 0.3) is 11.5 Å². The summed E-state index contributed by atoms with van der Waals surface area (Å²) in [5.41, 5.74) is -1.33. The van der Waals surface area contributed by atoms with E-state index in [9.17, 15) is 22.8 Å². The van der Waals surface area contributed by atoms with Crippen LogP contribution < -0.4 is 10.9 Å². The summed E-state index contributed by atoms with van der Waals surface area (Å²) in [5, 5.41) is 6.40. The number of halogens is 4. The number of nitrogens with one attached hydrogen (secondary N) is 2. The summed E-state index contributed by atoms with van der Waals surface area (Å²) < 4.78 is 44.0. The minimum Gasteiger partial charge on any atom is -0.355 e. The molecule has 0 spiro atoms. The third-order valence-corrected chi connectivity index (χ3v) is 4.77. The summed E-state index contributed by atoms with van der Waals surface area (Å²) in [7, 11) is 1.38. The minimum atomic E-state index is -0.937. The van der Waals surface area contributed by atoms with Crippen molar-refractivity contribution in [2.45, 2.75) is 0 Å². The van der Waals surface area contributed by atoms with E-state index in [1.165, 1.54) is 19.2 Å². The van der Waals surface area contributed by atoms with Crippen molar-refractivity contribution in [1.82, 2.24) is 20.1 Å². The normalized spacial score (nSPS) is 11.1. The highest BCUT2D eigenvalue weighted by molar-refractivity contribution is 6.35. The minimum absolute atomic E-state index is 0.0225. The van der Waals surface area contributed by atoms with E-state index in [0.29, 0.717) is 0 Å². The average Bonchev–Trinajstić information content (AvgIpc) is 3.11. The first-order chi connectivity index (χ1) is 14.3. The molecule has 4 aromatic rings. The van der Waals surface area contributed by atoms with Gasteiger partial charge in [-0.05, 0) is 30.3 Å². The van der Waals surface area contributed by atoms with Gasteiger partial charge in [0.1, 0.15) is 22.7 Å². The molecule has 0 bridgehead atoms. The molecule has 6 nitrogen and oxygen atoms in total. The van der Waals surface area contributed by atoms with Gasteiger partial charge in [0.05, 0.1) is 10.4 Å². The SMILES string of the molecule is CNC(=O)c1cc(F)cc(-c2nn(-c3c(F)cccc3F)c3c(Cl)c[nH]c(=O)c23)c1. The molecular formula is C20H12ClF3N4O2. The molecule has 0 unspecified atom stereocenters. The van der Waals surface area contributed by atoms with Crippen molar-refractivity contribution in [1.29, 1.82) is 0 Å². The standard InChI is InChI=1S/C20H12ClF3N4O2/c1-25-19(29)10-5-9(6-11(22)7-10)16-15-17(12(21)8-26-20(15)30)28(27-16)18-13(23)3-2-4-14(18)24/h2-8H,1H3,(H,25,29)(H,26,30). The van der Waals surface area contributed by atoms with Gasteiger partial charge in [0.15, 0.2) is 11.6 Å². The van der Waals surface area contributed by atoms with E-state index in [-0.39, 0.29) is 32.7 Å². The summed E-state index contributed by atoms with van der Waals surface area (Å²) in [6, 6.07) is 6.60.